The highest BCUT2D eigenvalue weighted by Gasteiger charge is 2.38. The van der Waals surface area contributed by atoms with Crippen LogP contribution in [0.5, 0.6) is 0 Å². The third kappa shape index (κ3) is 3.83. The molecule has 0 atom stereocenters. The van der Waals surface area contributed by atoms with Crippen molar-refractivity contribution in [2.75, 3.05) is 10.7 Å². The minimum atomic E-state index is 0.378. The first-order valence-corrected chi connectivity index (χ1v) is 7.00. The zero-order valence-corrected chi connectivity index (χ0v) is 12.5. The summed E-state index contributed by atoms with van der Waals surface area (Å²) in [5, 5.41) is 3.56. The predicted molar refractivity (Wildman–Crippen MR) is 80.9 cm³/mol. The van der Waals surface area contributed by atoms with Crippen LogP contribution >= 0.6 is 0 Å². The van der Waals surface area contributed by atoms with E-state index in [1.165, 1.54) is 19.3 Å². The molecule has 0 aliphatic heterocycles. The summed E-state index contributed by atoms with van der Waals surface area (Å²) in [7, 11) is 0. The number of anilines is 2. The third-order valence-electron chi connectivity index (χ3n) is 3.80. The van der Waals surface area contributed by atoms with Crippen LogP contribution in [-0.2, 0) is 0 Å². The van der Waals surface area contributed by atoms with Gasteiger partial charge in [-0.1, -0.05) is 33.8 Å². The fourth-order valence-corrected chi connectivity index (χ4v) is 3.75. The Bertz CT molecular complexity index is 424. The summed E-state index contributed by atoms with van der Waals surface area (Å²) in [6, 6.07) is 6.29. The summed E-state index contributed by atoms with van der Waals surface area (Å²) < 4.78 is 0. The largest absolute Gasteiger partial charge is 0.367 e. The Balaban J connectivity index is 2.09. The standard InChI is InChI=1S/C15H26N4/c1-14(2)8-11(9-15(3,4)10-14)17-12-6-5-7-13(18-12)19-16/h5-7,11H,8-10,16H2,1-4H3,(H2,17,18,19). The molecule has 1 aliphatic carbocycles. The SMILES string of the molecule is CC1(C)CC(Nc2cccc(NN)n2)CC(C)(C)C1. The Morgan fingerprint density at radius 3 is 2.26 bits per heavy atom. The lowest BCUT2D eigenvalue weighted by atomic mass is 9.63. The van der Waals surface area contributed by atoms with Crippen molar-refractivity contribution in [1.29, 1.82) is 0 Å². The number of nitrogens with one attached hydrogen (secondary N) is 2. The maximum Gasteiger partial charge on any atom is 0.142 e. The molecule has 1 heterocycles. The van der Waals surface area contributed by atoms with E-state index in [1.807, 2.05) is 18.2 Å². The number of hydrazine groups is 1. The molecule has 1 aliphatic rings. The first-order valence-electron chi connectivity index (χ1n) is 7.00. The Labute approximate surface area is 116 Å². The molecule has 0 aromatic carbocycles. The number of pyridine rings is 1. The number of hydrogen-bond acceptors (Lipinski definition) is 4. The first kappa shape index (κ1) is 14.1. The lowest BCUT2D eigenvalue weighted by molar-refractivity contribution is 0.105. The number of hydrogen-bond donors (Lipinski definition) is 3. The van der Waals surface area contributed by atoms with Crippen molar-refractivity contribution < 1.29 is 0 Å². The average molecular weight is 262 g/mol. The molecule has 1 aromatic heterocycles. The molecule has 4 heteroatoms. The van der Waals surface area contributed by atoms with Crippen LogP contribution in [0.1, 0.15) is 47.0 Å². The number of nitrogens with two attached hydrogens (primary N) is 1. The van der Waals surface area contributed by atoms with Crippen LogP contribution in [0.2, 0.25) is 0 Å². The van der Waals surface area contributed by atoms with E-state index in [-0.39, 0.29) is 0 Å². The van der Waals surface area contributed by atoms with Crippen molar-refractivity contribution in [2.45, 2.75) is 53.0 Å². The molecule has 1 aromatic rings. The van der Waals surface area contributed by atoms with Crippen LogP contribution in [0.3, 0.4) is 0 Å². The van der Waals surface area contributed by atoms with E-state index in [0.717, 1.165) is 5.82 Å². The van der Waals surface area contributed by atoms with E-state index < -0.39 is 0 Å². The molecule has 0 spiro atoms. The van der Waals surface area contributed by atoms with Gasteiger partial charge in [0.25, 0.3) is 0 Å². The summed E-state index contributed by atoms with van der Waals surface area (Å²) in [5.74, 6) is 6.99. The second-order valence-electron chi connectivity index (χ2n) is 7.31. The van der Waals surface area contributed by atoms with Gasteiger partial charge in [0.05, 0.1) is 0 Å². The minimum absolute atomic E-state index is 0.378. The lowest BCUT2D eigenvalue weighted by Gasteiger charge is -2.45. The van der Waals surface area contributed by atoms with Crippen molar-refractivity contribution >= 4 is 11.6 Å². The van der Waals surface area contributed by atoms with E-state index in [1.54, 1.807) is 0 Å². The molecule has 4 N–H and O–H groups in total. The molecule has 2 rings (SSSR count). The van der Waals surface area contributed by atoms with Gasteiger partial charge in [-0.3, -0.25) is 0 Å². The first-order chi connectivity index (χ1) is 8.80. The van der Waals surface area contributed by atoms with Crippen molar-refractivity contribution in [3.8, 4) is 0 Å². The molecule has 0 amide bonds. The zero-order valence-electron chi connectivity index (χ0n) is 12.5. The van der Waals surface area contributed by atoms with E-state index in [4.69, 9.17) is 5.84 Å². The Morgan fingerprint density at radius 1 is 1.11 bits per heavy atom. The van der Waals surface area contributed by atoms with Gasteiger partial charge < -0.3 is 10.7 Å². The van der Waals surface area contributed by atoms with Gasteiger partial charge in [0.1, 0.15) is 11.6 Å². The molecule has 19 heavy (non-hydrogen) atoms. The van der Waals surface area contributed by atoms with E-state index in [9.17, 15) is 0 Å². The highest BCUT2D eigenvalue weighted by molar-refractivity contribution is 5.45. The zero-order chi connectivity index (χ0) is 14.1. The number of rotatable bonds is 3. The maximum absolute atomic E-state index is 5.40. The average Bonchev–Trinajstić information content (AvgIpc) is 2.24. The van der Waals surface area contributed by atoms with Gasteiger partial charge in [0.2, 0.25) is 0 Å². The van der Waals surface area contributed by atoms with E-state index in [0.29, 0.717) is 22.7 Å². The summed E-state index contributed by atoms with van der Waals surface area (Å²) in [5.41, 5.74) is 3.34. The highest BCUT2D eigenvalue weighted by Crippen LogP contribution is 2.46. The quantitative estimate of drug-likeness (QED) is 0.577. The van der Waals surface area contributed by atoms with Crippen molar-refractivity contribution in [1.82, 2.24) is 4.98 Å². The summed E-state index contributed by atoms with van der Waals surface area (Å²) in [6.07, 6.45) is 3.63. The Morgan fingerprint density at radius 2 is 1.68 bits per heavy atom. The summed E-state index contributed by atoms with van der Waals surface area (Å²) in [4.78, 5) is 4.43. The van der Waals surface area contributed by atoms with Crippen molar-refractivity contribution in [3.63, 3.8) is 0 Å². The molecule has 0 radical (unpaired) electrons. The highest BCUT2D eigenvalue weighted by atomic mass is 15.3. The van der Waals surface area contributed by atoms with Crippen molar-refractivity contribution in [2.24, 2.45) is 16.7 Å². The normalized spacial score (nSPS) is 21.9. The van der Waals surface area contributed by atoms with Crippen LogP contribution in [0.25, 0.3) is 0 Å². The van der Waals surface area contributed by atoms with E-state index >= 15 is 0 Å². The van der Waals surface area contributed by atoms with Crippen LogP contribution in [-0.4, -0.2) is 11.0 Å². The fraction of sp³-hybridized carbons (Fsp3) is 0.667. The predicted octanol–water partition coefficient (Wildman–Crippen LogP) is 3.38. The van der Waals surface area contributed by atoms with Crippen LogP contribution < -0.4 is 16.6 Å². The maximum atomic E-state index is 5.40. The molecular formula is C15H26N4. The number of nitrogens with zero attached hydrogens (tertiary/aromatic N) is 1. The van der Waals surface area contributed by atoms with Gasteiger partial charge in [-0.15, -0.1) is 0 Å². The minimum Gasteiger partial charge on any atom is -0.367 e. The van der Waals surface area contributed by atoms with Crippen LogP contribution in [0, 0.1) is 10.8 Å². The second-order valence-corrected chi connectivity index (χ2v) is 7.31. The molecule has 1 fully saturated rings. The molecular weight excluding hydrogens is 236 g/mol. The molecule has 106 valence electrons. The molecule has 4 nitrogen and oxygen atoms in total. The number of aromatic nitrogens is 1. The summed E-state index contributed by atoms with van der Waals surface area (Å²) in [6.45, 7) is 9.42. The Kier molecular flexibility index (Phi) is 3.72. The van der Waals surface area contributed by atoms with Crippen LogP contribution in [0.15, 0.2) is 18.2 Å². The Hall–Kier alpha value is -1.29. The molecule has 0 saturated heterocycles. The van der Waals surface area contributed by atoms with Gasteiger partial charge in [-0.2, -0.15) is 0 Å². The topological polar surface area (TPSA) is 63.0 Å². The smallest absolute Gasteiger partial charge is 0.142 e. The number of nitrogen functional groups attached to an aromatic ring is 1. The van der Waals surface area contributed by atoms with Gasteiger partial charge >= 0.3 is 0 Å². The van der Waals surface area contributed by atoms with Gasteiger partial charge in [-0.05, 0) is 42.2 Å². The third-order valence-corrected chi connectivity index (χ3v) is 3.80. The lowest BCUT2D eigenvalue weighted by Crippen LogP contribution is -2.40. The van der Waals surface area contributed by atoms with Crippen LogP contribution in [0.4, 0.5) is 11.6 Å². The monoisotopic (exact) mass is 262 g/mol. The van der Waals surface area contributed by atoms with Gasteiger partial charge in [0, 0.05) is 6.04 Å². The van der Waals surface area contributed by atoms with E-state index in [2.05, 4.69) is 43.4 Å². The van der Waals surface area contributed by atoms with Gasteiger partial charge in [0.15, 0.2) is 0 Å². The fourth-order valence-electron chi connectivity index (χ4n) is 3.75. The van der Waals surface area contributed by atoms with Crippen molar-refractivity contribution in [3.05, 3.63) is 18.2 Å². The second kappa shape index (κ2) is 5.00. The summed E-state index contributed by atoms with van der Waals surface area (Å²) >= 11 is 0. The van der Waals surface area contributed by atoms with Gasteiger partial charge in [-0.25, -0.2) is 10.8 Å². The molecule has 0 unspecified atom stereocenters. The molecule has 1 saturated carbocycles. The molecule has 0 bridgehead atoms.